The number of phenols is 2. The van der Waals surface area contributed by atoms with Crippen LogP contribution in [0.25, 0.3) is 12.2 Å². The van der Waals surface area contributed by atoms with Gasteiger partial charge in [0.15, 0.2) is 0 Å². The maximum absolute atomic E-state index is 10.3. The van der Waals surface area contributed by atoms with Crippen LogP contribution in [-0.2, 0) is 0 Å². The van der Waals surface area contributed by atoms with Gasteiger partial charge in [0.1, 0.15) is 11.5 Å². The lowest BCUT2D eigenvalue weighted by molar-refractivity contribution is 0.414. The van der Waals surface area contributed by atoms with Gasteiger partial charge < -0.3 is 10.2 Å². The van der Waals surface area contributed by atoms with Gasteiger partial charge in [0, 0.05) is 0 Å². The average molecular weight is 377 g/mol. The summed E-state index contributed by atoms with van der Waals surface area (Å²) in [6.07, 6.45) is 16.7. The molecule has 0 bridgehead atoms. The maximum Gasteiger partial charge on any atom is 0.119 e. The van der Waals surface area contributed by atoms with Crippen LogP contribution in [0.4, 0.5) is 0 Å². The van der Waals surface area contributed by atoms with E-state index < -0.39 is 0 Å². The first-order valence-electron chi connectivity index (χ1n) is 11.0. The topological polar surface area (TPSA) is 40.5 Å². The fraction of sp³-hybridized carbons (Fsp3) is 0.462. The van der Waals surface area contributed by atoms with Crippen LogP contribution in [0.3, 0.4) is 0 Å². The summed E-state index contributed by atoms with van der Waals surface area (Å²) >= 11 is 0. The van der Waals surface area contributed by atoms with Crippen LogP contribution in [0, 0.1) is 0 Å². The minimum Gasteiger partial charge on any atom is -0.508 e. The smallest absolute Gasteiger partial charge is 0.119 e. The molecule has 2 fully saturated rings. The highest BCUT2D eigenvalue weighted by Crippen LogP contribution is 2.39. The SMILES string of the molecule is Oc1ccc(/C=C/c2ccc(O)c(C3CCCCC3)c2)cc1C1CCCCC1. The summed E-state index contributed by atoms with van der Waals surface area (Å²) in [5.74, 6) is 1.86. The summed E-state index contributed by atoms with van der Waals surface area (Å²) in [6.45, 7) is 0. The number of benzene rings is 2. The van der Waals surface area contributed by atoms with E-state index in [-0.39, 0.29) is 0 Å². The number of phenolic OH excluding ortho intramolecular Hbond substituents is 2. The standard InChI is InChI=1S/C26H32O2/c27-25-15-13-19(17-23(25)21-7-3-1-4-8-21)11-12-20-14-16-26(28)24(18-20)22-9-5-2-6-10-22/h11-18,21-22,27-28H,1-10H2/b12-11+. The molecule has 2 N–H and O–H groups in total. The molecule has 2 nitrogen and oxygen atoms in total. The average Bonchev–Trinajstić information content (AvgIpc) is 2.75. The first-order chi connectivity index (χ1) is 13.7. The molecule has 2 saturated carbocycles. The van der Waals surface area contributed by atoms with Gasteiger partial charge in [0.25, 0.3) is 0 Å². The lowest BCUT2D eigenvalue weighted by Crippen LogP contribution is -2.05. The van der Waals surface area contributed by atoms with E-state index in [0.29, 0.717) is 23.3 Å². The normalized spacial score (nSPS) is 19.3. The zero-order valence-corrected chi connectivity index (χ0v) is 16.7. The third-order valence-electron chi connectivity index (χ3n) is 6.66. The Bertz CT molecular complexity index is 755. The van der Waals surface area contributed by atoms with E-state index in [2.05, 4.69) is 24.3 Å². The lowest BCUT2D eigenvalue weighted by Gasteiger charge is -2.23. The Morgan fingerprint density at radius 1 is 0.571 bits per heavy atom. The molecule has 0 aromatic heterocycles. The third kappa shape index (κ3) is 4.43. The van der Waals surface area contributed by atoms with Crippen LogP contribution in [0.1, 0.15) is 98.3 Å². The summed E-state index contributed by atoms with van der Waals surface area (Å²) in [4.78, 5) is 0. The maximum atomic E-state index is 10.3. The molecule has 4 rings (SSSR count). The van der Waals surface area contributed by atoms with Gasteiger partial charge in [-0.3, -0.25) is 0 Å². The molecule has 2 heteroatoms. The highest BCUT2D eigenvalue weighted by atomic mass is 16.3. The fourth-order valence-electron chi connectivity index (χ4n) is 5.03. The van der Waals surface area contributed by atoms with Gasteiger partial charge in [-0.15, -0.1) is 0 Å². The predicted molar refractivity (Wildman–Crippen MR) is 117 cm³/mol. The van der Waals surface area contributed by atoms with E-state index in [1.165, 1.54) is 64.2 Å². The molecule has 0 radical (unpaired) electrons. The Kier molecular flexibility index (Phi) is 6.04. The summed E-state index contributed by atoms with van der Waals surface area (Å²) in [7, 11) is 0. The largest absolute Gasteiger partial charge is 0.508 e. The molecule has 0 amide bonds. The molecule has 2 aromatic rings. The monoisotopic (exact) mass is 376 g/mol. The van der Waals surface area contributed by atoms with Crippen molar-refractivity contribution in [1.29, 1.82) is 0 Å². The second kappa shape index (κ2) is 8.86. The van der Waals surface area contributed by atoms with Crippen LogP contribution in [0.5, 0.6) is 11.5 Å². The molecule has 0 heterocycles. The molecule has 148 valence electrons. The molecule has 0 saturated heterocycles. The predicted octanol–water partition coefficient (Wildman–Crippen LogP) is 7.36. The molecule has 28 heavy (non-hydrogen) atoms. The molecule has 2 aliphatic rings. The zero-order chi connectivity index (χ0) is 19.3. The van der Waals surface area contributed by atoms with E-state index in [4.69, 9.17) is 0 Å². The van der Waals surface area contributed by atoms with E-state index in [1.807, 2.05) is 24.3 Å². The van der Waals surface area contributed by atoms with Crippen molar-refractivity contribution in [3.8, 4) is 11.5 Å². The second-order valence-corrected chi connectivity index (χ2v) is 8.64. The van der Waals surface area contributed by atoms with Gasteiger partial charge in [-0.05, 0) is 84.0 Å². The van der Waals surface area contributed by atoms with Gasteiger partial charge in [0.05, 0.1) is 0 Å². The summed E-state index contributed by atoms with van der Waals surface area (Å²) < 4.78 is 0. The minimum absolute atomic E-state index is 0.438. The Morgan fingerprint density at radius 3 is 1.36 bits per heavy atom. The highest BCUT2D eigenvalue weighted by Gasteiger charge is 2.19. The molecule has 2 aliphatic carbocycles. The van der Waals surface area contributed by atoms with Crippen molar-refractivity contribution in [3.63, 3.8) is 0 Å². The second-order valence-electron chi connectivity index (χ2n) is 8.64. The van der Waals surface area contributed by atoms with Crippen molar-refractivity contribution < 1.29 is 10.2 Å². The van der Waals surface area contributed by atoms with Crippen LogP contribution in [0.2, 0.25) is 0 Å². The Labute approximate surface area is 168 Å². The minimum atomic E-state index is 0.438. The van der Waals surface area contributed by atoms with Gasteiger partial charge in [-0.25, -0.2) is 0 Å². The first-order valence-corrected chi connectivity index (χ1v) is 11.0. The van der Waals surface area contributed by atoms with Crippen LogP contribution < -0.4 is 0 Å². The first kappa shape index (κ1) is 19.1. The van der Waals surface area contributed by atoms with E-state index in [0.717, 1.165) is 22.3 Å². The van der Waals surface area contributed by atoms with E-state index >= 15 is 0 Å². The van der Waals surface area contributed by atoms with E-state index in [1.54, 1.807) is 0 Å². The Morgan fingerprint density at radius 2 is 0.964 bits per heavy atom. The number of aromatic hydroxyl groups is 2. The molecular weight excluding hydrogens is 344 g/mol. The molecule has 2 aromatic carbocycles. The molecular formula is C26H32O2. The number of hydrogen-bond donors (Lipinski definition) is 2. The van der Waals surface area contributed by atoms with Gasteiger partial charge >= 0.3 is 0 Å². The molecule has 0 aliphatic heterocycles. The summed E-state index contributed by atoms with van der Waals surface area (Å²) in [5, 5.41) is 20.7. The van der Waals surface area contributed by atoms with Crippen molar-refractivity contribution in [3.05, 3.63) is 58.7 Å². The van der Waals surface area contributed by atoms with Crippen LogP contribution in [0.15, 0.2) is 36.4 Å². The van der Waals surface area contributed by atoms with Crippen molar-refractivity contribution >= 4 is 12.2 Å². The quantitative estimate of drug-likeness (QED) is 0.547. The fourth-order valence-corrected chi connectivity index (χ4v) is 5.03. The van der Waals surface area contributed by atoms with Crippen molar-refractivity contribution in [2.24, 2.45) is 0 Å². The molecule has 0 spiro atoms. The number of hydrogen-bond acceptors (Lipinski definition) is 2. The van der Waals surface area contributed by atoms with Gasteiger partial charge in [-0.1, -0.05) is 62.8 Å². The van der Waals surface area contributed by atoms with E-state index in [9.17, 15) is 10.2 Å². The van der Waals surface area contributed by atoms with Crippen molar-refractivity contribution in [2.75, 3.05) is 0 Å². The third-order valence-corrected chi connectivity index (χ3v) is 6.66. The van der Waals surface area contributed by atoms with Crippen molar-refractivity contribution in [1.82, 2.24) is 0 Å². The molecule has 0 atom stereocenters. The molecule has 0 unspecified atom stereocenters. The summed E-state index contributed by atoms with van der Waals surface area (Å²) in [5.41, 5.74) is 4.47. The summed E-state index contributed by atoms with van der Waals surface area (Å²) in [6, 6.07) is 12.0. The van der Waals surface area contributed by atoms with Gasteiger partial charge in [-0.2, -0.15) is 0 Å². The number of rotatable bonds is 4. The van der Waals surface area contributed by atoms with Crippen LogP contribution >= 0.6 is 0 Å². The van der Waals surface area contributed by atoms with Crippen LogP contribution in [-0.4, -0.2) is 10.2 Å². The highest BCUT2D eigenvalue weighted by molar-refractivity contribution is 5.71. The lowest BCUT2D eigenvalue weighted by atomic mass is 9.83. The van der Waals surface area contributed by atoms with Crippen molar-refractivity contribution in [2.45, 2.75) is 76.0 Å². The zero-order valence-electron chi connectivity index (χ0n) is 16.7. The Hall–Kier alpha value is -2.22. The Balaban J connectivity index is 1.54. The van der Waals surface area contributed by atoms with Gasteiger partial charge in [0.2, 0.25) is 0 Å².